The number of imide groups is 1. The number of ether oxygens (including phenoxy) is 1. The van der Waals surface area contributed by atoms with E-state index in [2.05, 4.69) is 46.5 Å². The molecule has 2 saturated carbocycles. The molecule has 2 amide bonds. The molecule has 0 N–H and O–H groups in total. The van der Waals surface area contributed by atoms with E-state index in [9.17, 15) is 19.2 Å². The minimum atomic E-state index is -2.27. The molecule has 0 unspecified atom stereocenters. The molecule has 7 nitrogen and oxygen atoms in total. The van der Waals surface area contributed by atoms with E-state index < -0.39 is 43.5 Å². The Bertz CT molecular complexity index is 1440. The van der Waals surface area contributed by atoms with Gasteiger partial charge in [0.05, 0.1) is 12.0 Å². The fraction of sp³-hybridized carbons (Fsp3) is 0.297. The number of amides is 2. The Balaban J connectivity index is 0.000000913. The zero-order chi connectivity index (χ0) is 33.6. The van der Waals surface area contributed by atoms with E-state index in [1.54, 1.807) is 19.1 Å². The number of likely N-dealkylation sites (tertiary alicyclic amines) is 1. The van der Waals surface area contributed by atoms with Crippen molar-refractivity contribution in [2.24, 2.45) is 5.92 Å². The Labute approximate surface area is 296 Å². The third kappa shape index (κ3) is 9.47. The molecule has 0 bridgehead atoms. The molecule has 1 heterocycles. The summed E-state index contributed by atoms with van der Waals surface area (Å²) in [6, 6.07) is 11.5. The third-order valence-corrected chi connectivity index (χ3v) is 14.2. The fourth-order valence-corrected chi connectivity index (χ4v) is 7.59. The van der Waals surface area contributed by atoms with Crippen LogP contribution in [0.2, 0.25) is 18.1 Å². The van der Waals surface area contributed by atoms with E-state index in [0.717, 1.165) is 38.9 Å². The van der Waals surface area contributed by atoms with Crippen LogP contribution in [-0.4, -0.2) is 54.2 Å². The predicted octanol–water partition coefficient (Wildman–Crippen LogP) is 6.94. The monoisotopic (exact) mass is 711 g/mol. The van der Waals surface area contributed by atoms with Crippen LogP contribution in [-0.2, 0) is 40.6 Å². The van der Waals surface area contributed by atoms with Crippen molar-refractivity contribution >= 4 is 53.8 Å². The van der Waals surface area contributed by atoms with Gasteiger partial charge >= 0.3 is 28.9 Å². The molecular formula is C37H41FeNO6SSi+2. The van der Waals surface area contributed by atoms with E-state index in [4.69, 9.17) is 9.16 Å². The molecule has 0 spiro atoms. The van der Waals surface area contributed by atoms with Gasteiger partial charge in [-0.15, -0.1) is 0 Å². The third-order valence-electron chi connectivity index (χ3n) is 8.46. The van der Waals surface area contributed by atoms with E-state index in [-0.39, 0.29) is 33.8 Å². The number of carbonyl (C=O) groups excluding carboxylic acids is 4. The summed E-state index contributed by atoms with van der Waals surface area (Å²) in [5.41, 5.74) is 1.52. The Morgan fingerprint density at radius 1 is 0.957 bits per heavy atom. The first kappa shape index (κ1) is 39.2. The maximum atomic E-state index is 13.5. The van der Waals surface area contributed by atoms with Gasteiger partial charge in [-0.2, -0.15) is 0 Å². The summed E-state index contributed by atoms with van der Waals surface area (Å²) in [6.45, 7) is 15.5. The number of carbonyl (C=O) groups is 4. The Kier molecular flexibility index (Phi) is 14.1. The van der Waals surface area contributed by atoms with Crippen LogP contribution in [0.4, 0.5) is 0 Å². The van der Waals surface area contributed by atoms with Gasteiger partial charge in [-0.25, -0.2) is 4.79 Å². The summed E-state index contributed by atoms with van der Waals surface area (Å²) in [7, 11) is -2.27. The first-order chi connectivity index (χ1) is 21.7. The van der Waals surface area contributed by atoms with Crippen LogP contribution in [0.15, 0.2) is 49.1 Å². The number of thioether (sulfide) groups is 1. The summed E-state index contributed by atoms with van der Waals surface area (Å²) < 4.78 is 11.4. The normalized spacial score (nSPS) is 20.5. The van der Waals surface area contributed by atoms with Crippen LogP contribution < -0.4 is 0 Å². The number of fused-ring (bicyclic) bond motifs is 1. The fourth-order valence-electron chi connectivity index (χ4n) is 4.89. The molecule has 2 aromatic rings. The van der Waals surface area contributed by atoms with Gasteiger partial charge in [0.1, 0.15) is 12.0 Å². The van der Waals surface area contributed by atoms with Gasteiger partial charge in [0, 0.05) is 11.5 Å². The van der Waals surface area contributed by atoms with E-state index >= 15 is 0 Å². The van der Waals surface area contributed by atoms with Gasteiger partial charge < -0.3 is 9.16 Å². The standard InChI is InChI=1S/C32H36NO6SSi.C5H5.Fe/c1-8-17-38-30(36)28(35)33-27(34)26(20(2)39-41(6,7)32(3,4)5)29(33)40-31(37)25-16-15-23-18-22(13-14-24(23)19-25)21-11-9-10-12-21;1-2-4-5-3-1;/h8-16,18-20,26,29H,1,17H2,2-7H3;1-5H;/q;;+2/t20-,26+,29-;;/m1../s1. The number of β-lactam (4-membered cyclic amide) rings is 1. The molecule has 47 heavy (non-hydrogen) atoms. The molecular weight excluding hydrogens is 670 g/mol. The van der Waals surface area contributed by atoms with Crippen LogP contribution in [0.25, 0.3) is 10.8 Å². The maximum absolute atomic E-state index is 13.5. The maximum Gasteiger partial charge on any atom is 2.00 e. The van der Waals surface area contributed by atoms with Crippen LogP contribution >= 0.6 is 11.8 Å². The summed E-state index contributed by atoms with van der Waals surface area (Å²) >= 11 is 0.853. The van der Waals surface area contributed by atoms with Crippen molar-refractivity contribution in [1.82, 2.24) is 4.90 Å². The molecule has 10 heteroatoms. The molecule has 3 atom stereocenters. The van der Waals surface area contributed by atoms with Crippen molar-refractivity contribution in [2.45, 2.75) is 57.3 Å². The molecule has 10 radical (unpaired) electrons. The van der Waals surface area contributed by atoms with E-state index in [1.165, 1.54) is 6.08 Å². The summed E-state index contributed by atoms with van der Waals surface area (Å²) in [5, 5.41) is 0.550. The summed E-state index contributed by atoms with van der Waals surface area (Å²) in [5.74, 6) is -2.48. The summed E-state index contributed by atoms with van der Waals surface area (Å²) in [6.07, 6.45) is 18.8. The minimum Gasteiger partial charge on any atom is -0.454 e. The van der Waals surface area contributed by atoms with Crippen molar-refractivity contribution < 1.29 is 45.4 Å². The van der Waals surface area contributed by atoms with Crippen molar-refractivity contribution in [3.63, 3.8) is 0 Å². The van der Waals surface area contributed by atoms with Crippen molar-refractivity contribution in [3.8, 4) is 0 Å². The van der Waals surface area contributed by atoms with Crippen molar-refractivity contribution in [2.75, 3.05) is 6.61 Å². The minimum absolute atomic E-state index is 0. The molecule has 1 saturated heterocycles. The number of hydrogen-bond acceptors (Lipinski definition) is 7. The van der Waals surface area contributed by atoms with Gasteiger partial charge in [-0.3, -0.25) is 19.3 Å². The Hall–Kier alpha value is -2.23. The number of benzene rings is 2. The van der Waals surface area contributed by atoms with E-state index in [0.29, 0.717) is 5.56 Å². The largest absolute Gasteiger partial charge is 2.00 e. The molecule has 5 rings (SSSR count). The molecule has 1 aliphatic heterocycles. The van der Waals surface area contributed by atoms with Crippen LogP contribution in [0, 0.1) is 69.6 Å². The van der Waals surface area contributed by atoms with Gasteiger partial charge in [0.15, 0.2) is 8.32 Å². The number of esters is 1. The molecule has 0 aromatic heterocycles. The number of nitrogens with zero attached hydrogens (tertiary/aromatic N) is 1. The smallest absolute Gasteiger partial charge is 0.454 e. The Morgan fingerprint density at radius 2 is 1.53 bits per heavy atom. The predicted molar refractivity (Wildman–Crippen MR) is 185 cm³/mol. The van der Waals surface area contributed by atoms with Crippen LogP contribution in [0.1, 0.15) is 43.6 Å². The van der Waals surface area contributed by atoms with Crippen molar-refractivity contribution in [1.29, 1.82) is 0 Å². The van der Waals surface area contributed by atoms with E-state index in [1.807, 2.05) is 76.0 Å². The zero-order valence-electron chi connectivity index (χ0n) is 27.5. The van der Waals surface area contributed by atoms with Crippen LogP contribution in [0.3, 0.4) is 0 Å². The van der Waals surface area contributed by atoms with Crippen molar-refractivity contribution in [3.05, 3.63) is 124 Å². The Morgan fingerprint density at radius 3 is 2.11 bits per heavy atom. The van der Waals surface area contributed by atoms with Gasteiger partial charge in [-0.05, 0) is 111 Å². The second-order valence-corrected chi connectivity index (χ2v) is 18.6. The molecule has 2 aliphatic carbocycles. The van der Waals surface area contributed by atoms with Gasteiger partial charge in [0.2, 0.25) is 11.0 Å². The molecule has 246 valence electrons. The SMILES string of the molecule is C=CCOC(=O)C(=O)N1C(=O)[C@H]([C@@H](C)O[Si](C)(C)C(C)(C)C)[C@H]1SC(=O)c1ccc2cc([C]3[CH][CH][CH][CH]3)ccc2c1.[CH]1[CH][CH][CH][CH]1.[Fe+2]. The number of hydrogen-bond donors (Lipinski definition) is 0. The summed E-state index contributed by atoms with van der Waals surface area (Å²) in [4.78, 5) is 52.9. The molecule has 2 aromatic carbocycles. The van der Waals surface area contributed by atoms with Gasteiger partial charge in [0.25, 0.3) is 0 Å². The molecule has 3 aliphatic rings. The number of rotatable bonds is 8. The molecule has 3 fully saturated rings. The van der Waals surface area contributed by atoms with Gasteiger partial charge in [-0.1, -0.05) is 69.5 Å². The first-order valence-electron chi connectivity index (χ1n) is 15.2. The van der Waals surface area contributed by atoms with Crippen LogP contribution in [0.5, 0.6) is 0 Å². The zero-order valence-corrected chi connectivity index (χ0v) is 30.5. The average Bonchev–Trinajstić information content (AvgIpc) is 3.76. The average molecular weight is 712 g/mol. The first-order valence-corrected chi connectivity index (χ1v) is 19.0. The topological polar surface area (TPSA) is 90.0 Å². The quantitative estimate of drug-likeness (QED) is 0.0965. The second-order valence-electron chi connectivity index (χ2n) is 12.7. The second kappa shape index (κ2) is 16.9.